The van der Waals surface area contributed by atoms with Crippen molar-refractivity contribution in [2.45, 2.75) is 32.1 Å². The average molecular weight is 372 g/mol. The van der Waals surface area contributed by atoms with Crippen LogP contribution in [0, 0.1) is 17.8 Å². The predicted octanol–water partition coefficient (Wildman–Crippen LogP) is 2.76. The maximum Gasteiger partial charge on any atom is 0.223 e. The summed E-state index contributed by atoms with van der Waals surface area (Å²) in [5.41, 5.74) is 1.18. The molecule has 0 aromatic heterocycles. The number of para-hydroxylation sites is 2. The third kappa shape index (κ3) is 4.23. The second kappa shape index (κ2) is 8.51. The van der Waals surface area contributed by atoms with Gasteiger partial charge in [0.2, 0.25) is 5.91 Å². The normalized spacial score (nSPS) is 28.2. The molecule has 2 bridgehead atoms. The van der Waals surface area contributed by atoms with E-state index in [0.717, 1.165) is 57.4 Å². The largest absolute Gasteiger partial charge is 0.495 e. The molecule has 5 nitrogen and oxygen atoms in total. The minimum Gasteiger partial charge on any atom is -0.495 e. The number of carbonyl (C=O) groups is 1. The Morgan fingerprint density at radius 2 is 1.85 bits per heavy atom. The lowest BCUT2D eigenvalue weighted by Gasteiger charge is -2.41. The van der Waals surface area contributed by atoms with Crippen LogP contribution in [0.4, 0.5) is 5.69 Å². The molecule has 4 fully saturated rings. The topological polar surface area (TPSA) is 44.8 Å². The van der Waals surface area contributed by atoms with Gasteiger partial charge in [0.15, 0.2) is 0 Å². The molecule has 1 aromatic carbocycles. The highest BCUT2D eigenvalue weighted by Crippen LogP contribution is 2.44. The SMILES string of the molecule is COc1ccccc1N1CCN(CCNC(=O)C2CC3CCC2CC3)CC1. The standard InChI is InChI=1S/C22H33N3O2/c1-27-21-5-3-2-4-20(21)25-14-12-24(13-15-25)11-10-23-22(26)19-16-17-6-8-18(19)9-7-17/h2-5,17-19H,6-16H2,1H3,(H,23,26). The van der Waals surface area contributed by atoms with Gasteiger partial charge in [-0.15, -0.1) is 0 Å². The van der Waals surface area contributed by atoms with E-state index >= 15 is 0 Å². The molecule has 0 radical (unpaired) electrons. The van der Waals surface area contributed by atoms with Gasteiger partial charge < -0.3 is 15.0 Å². The maximum absolute atomic E-state index is 12.6. The minimum absolute atomic E-state index is 0.292. The van der Waals surface area contributed by atoms with Gasteiger partial charge in [0.25, 0.3) is 0 Å². The van der Waals surface area contributed by atoms with Crippen LogP contribution in [0.2, 0.25) is 0 Å². The number of amides is 1. The number of nitrogens with zero attached hydrogens (tertiary/aromatic N) is 2. The van der Waals surface area contributed by atoms with E-state index in [9.17, 15) is 4.79 Å². The Labute approximate surface area is 163 Å². The molecule has 1 atom stereocenters. The van der Waals surface area contributed by atoms with Gasteiger partial charge in [-0.2, -0.15) is 0 Å². The Morgan fingerprint density at radius 3 is 2.52 bits per heavy atom. The summed E-state index contributed by atoms with van der Waals surface area (Å²) in [4.78, 5) is 17.4. The number of rotatable bonds is 6. The van der Waals surface area contributed by atoms with Crippen molar-refractivity contribution in [1.82, 2.24) is 10.2 Å². The van der Waals surface area contributed by atoms with Crippen LogP contribution >= 0.6 is 0 Å². The van der Waals surface area contributed by atoms with Crippen LogP contribution in [0.5, 0.6) is 5.75 Å². The zero-order chi connectivity index (χ0) is 18.6. The fourth-order valence-corrected chi connectivity index (χ4v) is 5.27. The van der Waals surface area contributed by atoms with Crippen molar-refractivity contribution in [2.24, 2.45) is 17.8 Å². The molecule has 27 heavy (non-hydrogen) atoms. The van der Waals surface area contributed by atoms with Crippen LogP contribution in [0.1, 0.15) is 32.1 Å². The van der Waals surface area contributed by atoms with Crippen LogP contribution in [0.15, 0.2) is 24.3 Å². The van der Waals surface area contributed by atoms with E-state index in [2.05, 4.69) is 27.2 Å². The third-order valence-electron chi connectivity index (χ3n) is 6.91. The second-order valence-corrected chi connectivity index (χ2v) is 8.41. The smallest absolute Gasteiger partial charge is 0.223 e. The molecule has 1 aliphatic heterocycles. The lowest BCUT2D eigenvalue weighted by atomic mass is 9.64. The fourth-order valence-electron chi connectivity index (χ4n) is 5.27. The first kappa shape index (κ1) is 18.6. The maximum atomic E-state index is 12.6. The van der Waals surface area contributed by atoms with E-state index in [1.54, 1.807) is 7.11 Å². The molecule has 1 heterocycles. The summed E-state index contributed by atoms with van der Waals surface area (Å²) in [6.07, 6.45) is 6.38. The lowest BCUT2D eigenvalue weighted by molar-refractivity contribution is -0.130. The van der Waals surface area contributed by atoms with Crippen molar-refractivity contribution in [3.05, 3.63) is 24.3 Å². The molecule has 1 aromatic rings. The first-order chi connectivity index (χ1) is 13.2. The van der Waals surface area contributed by atoms with Crippen molar-refractivity contribution >= 4 is 11.6 Å². The van der Waals surface area contributed by atoms with Gasteiger partial charge in [-0.25, -0.2) is 0 Å². The van der Waals surface area contributed by atoms with Crippen LogP contribution in [-0.2, 0) is 4.79 Å². The Morgan fingerprint density at radius 1 is 1.11 bits per heavy atom. The molecule has 3 saturated carbocycles. The molecule has 148 valence electrons. The monoisotopic (exact) mass is 371 g/mol. The van der Waals surface area contributed by atoms with E-state index in [4.69, 9.17) is 4.74 Å². The van der Waals surface area contributed by atoms with Crippen molar-refractivity contribution < 1.29 is 9.53 Å². The van der Waals surface area contributed by atoms with E-state index in [1.165, 1.54) is 31.4 Å². The molecule has 0 spiro atoms. The van der Waals surface area contributed by atoms with Gasteiger partial charge in [-0.1, -0.05) is 25.0 Å². The van der Waals surface area contributed by atoms with Gasteiger partial charge in [0.1, 0.15) is 5.75 Å². The fraction of sp³-hybridized carbons (Fsp3) is 0.682. The molecule has 3 aliphatic carbocycles. The molecule has 4 aliphatic rings. The summed E-state index contributed by atoms with van der Waals surface area (Å²) >= 11 is 0. The summed E-state index contributed by atoms with van der Waals surface area (Å²) < 4.78 is 5.49. The lowest BCUT2D eigenvalue weighted by Crippen LogP contribution is -2.49. The summed E-state index contributed by atoms with van der Waals surface area (Å²) in [7, 11) is 1.73. The number of carbonyl (C=O) groups excluding carboxylic acids is 1. The Kier molecular flexibility index (Phi) is 5.86. The minimum atomic E-state index is 0.292. The highest BCUT2D eigenvalue weighted by atomic mass is 16.5. The van der Waals surface area contributed by atoms with E-state index in [-0.39, 0.29) is 0 Å². The zero-order valence-electron chi connectivity index (χ0n) is 16.5. The molecule has 1 amide bonds. The zero-order valence-corrected chi connectivity index (χ0v) is 16.5. The van der Waals surface area contributed by atoms with Crippen molar-refractivity contribution in [1.29, 1.82) is 0 Å². The predicted molar refractivity (Wildman–Crippen MR) is 108 cm³/mol. The van der Waals surface area contributed by atoms with Gasteiger partial charge in [0.05, 0.1) is 12.8 Å². The van der Waals surface area contributed by atoms with Crippen molar-refractivity contribution in [3.63, 3.8) is 0 Å². The quantitative estimate of drug-likeness (QED) is 0.835. The van der Waals surface area contributed by atoms with Crippen molar-refractivity contribution in [2.75, 3.05) is 51.3 Å². The van der Waals surface area contributed by atoms with Gasteiger partial charge in [-0.05, 0) is 43.2 Å². The van der Waals surface area contributed by atoms with Crippen LogP contribution in [0.3, 0.4) is 0 Å². The number of hydrogen-bond donors (Lipinski definition) is 1. The summed E-state index contributed by atoms with van der Waals surface area (Å²) in [5, 5.41) is 3.23. The first-order valence-corrected chi connectivity index (χ1v) is 10.6. The van der Waals surface area contributed by atoms with Gasteiger partial charge in [0, 0.05) is 45.2 Å². The number of benzene rings is 1. The molecule has 5 heteroatoms. The number of piperazine rings is 1. The first-order valence-electron chi connectivity index (χ1n) is 10.6. The van der Waals surface area contributed by atoms with Gasteiger partial charge in [-0.3, -0.25) is 9.69 Å². The molecular weight excluding hydrogens is 338 g/mol. The van der Waals surface area contributed by atoms with E-state index in [1.807, 2.05) is 12.1 Å². The van der Waals surface area contributed by atoms with E-state index < -0.39 is 0 Å². The van der Waals surface area contributed by atoms with Crippen LogP contribution in [0.25, 0.3) is 0 Å². The summed E-state index contributed by atoms with van der Waals surface area (Å²) in [6, 6.07) is 8.23. The van der Waals surface area contributed by atoms with Crippen LogP contribution < -0.4 is 15.0 Å². The number of methoxy groups -OCH3 is 1. The molecule has 1 unspecified atom stereocenters. The highest BCUT2D eigenvalue weighted by molar-refractivity contribution is 5.79. The van der Waals surface area contributed by atoms with E-state index in [0.29, 0.717) is 17.7 Å². The average Bonchev–Trinajstić information content (AvgIpc) is 2.75. The van der Waals surface area contributed by atoms with Crippen molar-refractivity contribution in [3.8, 4) is 5.75 Å². The van der Waals surface area contributed by atoms with Crippen LogP contribution in [-0.4, -0.2) is 57.2 Å². The Balaban J connectivity index is 1.19. The number of fused-ring (bicyclic) bond motifs is 3. The van der Waals surface area contributed by atoms with Gasteiger partial charge >= 0.3 is 0 Å². The molecule has 1 saturated heterocycles. The Hall–Kier alpha value is -1.75. The number of anilines is 1. The Bertz CT molecular complexity index is 634. The number of hydrogen-bond acceptors (Lipinski definition) is 4. The number of ether oxygens (including phenoxy) is 1. The summed E-state index contributed by atoms with van der Waals surface area (Å²) in [6.45, 7) is 5.79. The highest BCUT2D eigenvalue weighted by Gasteiger charge is 2.39. The molecule has 1 N–H and O–H groups in total. The number of nitrogens with one attached hydrogen (secondary N) is 1. The summed E-state index contributed by atoms with van der Waals surface area (Å²) in [5.74, 6) is 3.02. The third-order valence-corrected chi connectivity index (χ3v) is 6.91. The molecular formula is C22H33N3O2. The molecule has 5 rings (SSSR count). The second-order valence-electron chi connectivity index (χ2n) is 8.41.